The van der Waals surface area contributed by atoms with Gasteiger partial charge in [-0.25, -0.2) is 19.3 Å². The number of carboxylic acids is 1. The number of aliphatic hydroxyl groups is 2. The van der Waals surface area contributed by atoms with Crippen LogP contribution in [0.4, 0.5) is 16.0 Å². The number of halogens is 1. The van der Waals surface area contributed by atoms with Crippen LogP contribution in [0.5, 0.6) is 0 Å². The zero-order chi connectivity index (χ0) is 29.5. The van der Waals surface area contributed by atoms with E-state index in [4.69, 9.17) is 9.97 Å². The van der Waals surface area contributed by atoms with Crippen molar-refractivity contribution in [3.05, 3.63) is 84.6 Å². The molecule has 9 nitrogen and oxygen atoms in total. The molecule has 2 aromatic heterocycles. The number of nitrogens with one attached hydrogen (secondary N) is 1. The second-order valence-electron chi connectivity index (χ2n) is 10.0. The van der Waals surface area contributed by atoms with Crippen molar-refractivity contribution in [3.8, 4) is 22.6 Å². The number of anilines is 2. The highest BCUT2D eigenvalue weighted by atomic mass is 19.1. The molecule has 0 aliphatic rings. The molecular weight excluding hydrogens is 525 g/mol. The van der Waals surface area contributed by atoms with E-state index in [1.165, 1.54) is 18.2 Å². The quantitative estimate of drug-likeness (QED) is 0.174. The fourth-order valence-corrected chi connectivity index (χ4v) is 4.55. The second-order valence-corrected chi connectivity index (χ2v) is 10.0. The van der Waals surface area contributed by atoms with Gasteiger partial charge >= 0.3 is 5.97 Å². The van der Waals surface area contributed by atoms with Gasteiger partial charge in [-0.15, -0.1) is 0 Å². The molecule has 0 aliphatic carbocycles. The molecule has 4 N–H and O–H groups in total. The second kappa shape index (κ2) is 13.3. The molecule has 0 fully saturated rings. The first-order chi connectivity index (χ1) is 19.7. The maximum atomic E-state index is 13.8. The Morgan fingerprint density at radius 3 is 2.39 bits per heavy atom. The van der Waals surface area contributed by atoms with Crippen LogP contribution in [0.15, 0.2) is 72.9 Å². The molecule has 0 radical (unpaired) electrons. The average molecular weight is 560 g/mol. The number of hydrogen-bond donors (Lipinski definition) is 4. The predicted molar refractivity (Wildman–Crippen MR) is 156 cm³/mol. The van der Waals surface area contributed by atoms with Gasteiger partial charge in [0.05, 0.1) is 35.2 Å². The summed E-state index contributed by atoms with van der Waals surface area (Å²) < 4.78 is 15.6. The van der Waals surface area contributed by atoms with E-state index in [2.05, 4.69) is 10.3 Å². The molecule has 0 saturated heterocycles. The van der Waals surface area contributed by atoms with E-state index in [-0.39, 0.29) is 24.6 Å². The summed E-state index contributed by atoms with van der Waals surface area (Å²) >= 11 is 0. The van der Waals surface area contributed by atoms with E-state index in [1.54, 1.807) is 37.5 Å². The molecule has 1 unspecified atom stereocenters. The molecule has 0 aliphatic heterocycles. The molecule has 4 rings (SSSR count). The highest BCUT2D eigenvalue weighted by Crippen LogP contribution is 2.35. The van der Waals surface area contributed by atoms with Crippen molar-refractivity contribution in [1.82, 2.24) is 19.5 Å². The smallest absolute Gasteiger partial charge is 0.309 e. The van der Waals surface area contributed by atoms with E-state index in [1.807, 2.05) is 48.7 Å². The van der Waals surface area contributed by atoms with Crippen LogP contribution in [-0.2, 0) is 4.79 Å². The Bertz CT molecular complexity index is 1490. The third kappa shape index (κ3) is 7.22. The lowest BCUT2D eigenvalue weighted by atomic mass is 9.95. The summed E-state index contributed by atoms with van der Waals surface area (Å²) in [6, 6.07) is 17.3. The number of aromatic nitrogens is 4. The van der Waals surface area contributed by atoms with Crippen LogP contribution in [0.1, 0.15) is 45.4 Å². The number of hydrogen-bond acceptors (Lipinski definition) is 7. The zero-order valence-electron chi connectivity index (χ0n) is 23.1. The third-order valence-electron chi connectivity index (χ3n) is 6.66. The van der Waals surface area contributed by atoms with Gasteiger partial charge < -0.3 is 25.2 Å². The number of para-hydroxylation sites is 1. The number of carbonyl (C=O) groups is 1. The molecule has 214 valence electrons. The van der Waals surface area contributed by atoms with Crippen LogP contribution in [0, 0.1) is 11.7 Å². The average Bonchev–Trinajstić information content (AvgIpc) is 3.33. The first kappa shape index (κ1) is 29.6. The minimum atomic E-state index is -1.22. The fourth-order valence-electron chi connectivity index (χ4n) is 4.55. The van der Waals surface area contributed by atoms with Gasteiger partial charge in [0.2, 0.25) is 5.95 Å². The van der Waals surface area contributed by atoms with Crippen molar-refractivity contribution in [2.24, 2.45) is 5.92 Å². The SMILES string of the molecule is CCC(C(=O)O)[C@@H](O)C[C@@H](O)C=Cn1c(C(C)C)nc(-c2ccc(F)cc2)c1-c1ccnc(Nc2ccccc2)n1. The summed E-state index contributed by atoms with van der Waals surface area (Å²) in [7, 11) is 0. The van der Waals surface area contributed by atoms with Crippen LogP contribution in [0.2, 0.25) is 0 Å². The minimum Gasteiger partial charge on any atom is -0.481 e. The van der Waals surface area contributed by atoms with Crippen molar-refractivity contribution in [1.29, 1.82) is 0 Å². The summed E-state index contributed by atoms with van der Waals surface area (Å²) in [5.41, 5.74) is 3.19. The van der Waals surface area contributed by atoms with Crippen LogP contribution in [0.25, 0.3) is 28.8 Å². The normalized spacial score (nSPS) is 13.8. The molecular formula is C31H34FN5O4. The molecule has 2 heterocycles. The summed E-state index contributed by atoms with van der Waals surface area (Å²) in [6.45, 7) is 5.63. The van der Waals surface area contributed by atoms with Gasteiger partial charge in [0.25, 0.3) is 0 Å². The van der Waals surface area contributed by atoms with Gasteiger partial charge in [-0.05, 0) is 55.0 Å². The highest BCUT2D eigenvalue weighted by Gasteiger charge is 2.27. The summed E-state index contributed by atoms with van der Waals surface area (Å²) in [5.74, 6) is -1.47. The van der Waals surface area contributed by atoms with Crippen LogP contribution < -0.4 is 5.32 Å². The number of imidazole rings is 1. The van der Waals surface area contributed by atoms with Crippen molar-refractivity contribution in [3.63, 3.8) is 0 Å². The Hall–Kier alpha value is -4.41. The lowest BCUT2D eigenvalue weighted by Gasteiger charge is -2.19. The maximum Gasteiger partial charge on any atom is 0.309 e. The molecule has 3 atom stereocenters. The van der Waals surface area contributed by atoms with Crippen molar-refractivity contribution >= 4 is 23.8 Å². The van der Waals surface area contributed by atoms with Crippen molar-refractivity contribution < 1.29 is 24.5 Å². The molecule has 0 amide bonds. The van der Waals surface area contributed by atoms with E-state index < -0.39 is 24.1 Å². The number of aliphatic hydroxyl groups excluding tert-OH is 2. The topological polar surface area (TPSA) is 133 Å². The van der Waals surface area contributed by atoms with Crippen LogP contribution in [0.3, 0.4) is 0 Å². The largest absolute Gasteiger partial charge is 0.481 e. The predicted octanol–water partition coefficient (Wildman–Crippen LogP) is 5.71. The number of benzene rings is 2. The van der Waals surface area contributed by atoms with Gasteiger partial charge in [-0.1, -0.05) is 39.0 Å². The third-order valence-corrected chi connectivity index (χ3v) is 6.66. The van der Waals surface area contributed by atoms with E-state index in [9.17, 15) is 24.5 Å². The van der Waals surface area contributed by atoms with E-state index in [0.29, 0.717) is 34.4 Å². The molecule has 41 heavy (non-hydrogen) atoms. The summed E-state index contributed by atoms with van der Waals surface area (Å²) in [4.78, 5) is 25.4. The Morgan fingerprint density at radius 1 is 1.05 bits per heavy atom. The maximum absolute atomic E-state index is 13.8. The molecule has 10 heteroatoms. The zero-order valence-corrected chi connectivity index (χ0v) is 23.1. The van der Waals surface area contributed by atoms with Gasteiger partial charge in [-0.3, -0.25) is 4.79 Å². The fraction of sp³-hybridized carbons (Fsp3) is 0.290. The Balaban J connectivity index is 1.79. The monoisotopic (exact) mass is 559 g/mol. The van der Waals surface area contributed by atoms with Gasteiger partial charge in [0.15, 0.2) is 0 Å². The van der Waals surface area contributed by atoms with Crippen LogP contribution in [-0.4, -0.2) is 53.0 Å². The number of carboxylic acid groups (broad SMARTS) is 1. The molecule has 0 saturated carbocycles. The standard InChI is InChI=1S/C31H34FN5O4/c1-4-24(30(40)41)26(39)18-23(38)15-17-37-28(25-14-16-33-31(35-25)34-22-8-6-5-7-9-22)27(36-29(37)19(2)3)20-10-12-21(32)13-11-20/h5-17,19,23-24,26,38-39H,4,18H2,1-3H3,(H,40,41)(H,33,34,35)/t23-,24?,26-/m0/s1. The van der Waals surface area contributed by atoms with Crippen LogP contribution >= 0.6 is 0 Å². The van der Waals surface area contributed by atoms with E-state index in [0.717, 1.165) is 5.69 Å². The summed E-state index contributed by atoms with van der Waals surface area (Å²) in [6.07, 6.45) is 2.52. The highest BCUT2D eigenvalue weighted by molar-refractivity contribution is 5.79. The lowest BCUT2D eigenvalue weighted by Crippen LogP contribution is -2.30. The Kier molecular flexibility index (Phi) is 9.59. The molecule has 2 aromatic carbocycles. The number of rotatable bonds is 12. The Morgan fingerprint density at radius 2 is 1.76 bits per heavy atom. The number of nitrogens with zero attached hydrogens (tertiary/aromatic N) is 4. The first-order valence-electron chi connectivity index (χ1n) is 13.5. The van der Waals surface area contributed by atoms with Crippen molar-refractivity contribution in [2.45, 2.75) is 51.7 Å². The van der Waals surface area contributed by atoms with Gasteiger partial charge in [-0.2, -0.15) is 0 Å². The first-order valence-corrected chi connectivity index (χ1v) is 13.5. The molecule has 0 bridgehead atoms. The number of aliphatic carboxylic acids is 1. The van der Waals surface area contributed by atoms with E-state index >= 15 is 0 Å². The van der Waals surface area contributed by atoms with Gasteiger partial charge in [0, 0.05) is 36.0 Å². The molecule has 0 spiro atoms. The van der Waals surface area contributed by atoms with Crippen molar-refractivity contribution in [2.75, 3.05) is 5.32 Å². The van der Waals surface area contributed by atoms with Gasteiger partial charge in [0.1, 0.15) is 11.6 Å². The molecule has 4 aromatic rings. The lowest BCUT2D eigenvalue weighted by molar-refractivity contribution is -0.146. The summed E-state index contributed by atoms with van der Waals surface area (Å²) in [5, 5.41) is 33.7. The Labute approximate surface area is 238 Å². The minimum absolute atomic E-state index is 0.0458.